The summed E-state index contributed by atoms with van der Waals surface area (Å²) in [7, 11) is 2.96. The molecule has 0 radical (unpaired) electrons. The summed E-state index contributed by atoms with van der Waals surface area (Å²) in [6.07, 6.45) is 0. The topological polar surface area (TPSA) is 85.4 Å². The Kier molecular flexibility index (Phi) is 5.91. The summed E-state index contributed by atoms with van der Waals surface area (Å²) in [5, 5.41) is 0. The average Bonchev–Trinajstić information content (AvgIpc) is 3.26. The highest BCUT2D eigenvalue weighted by Crippen LogP contribution is 2.23. The van der Waals surface area contributed by atoms with Crippen LogP contribution >= 0.6 is 0 Å². The fraction of sp³-hybridized carbons (Fsp3) is 0.280. The maximum absolute atomic E-state index is 14.1. The molecule has 9 nitrogen and oxygen atoms in total. The molecule has 0 aliphatic carbocycles. The van der Waals surface area contributed by atoms with Crippen LogP contribution in [0.5, 0.6) is 0 Å². The van der Waals surface area contributed by atoms with E-state index in [0.29, 0.717) is 32.1 Å². The Morgan fingerprint density at radius 3 is 2.25 bits per heavy atom. The van der Waals surface area contributed by atoms with Gasteiger partial charge in [-0.1, -0.05) is 24.3 Å². The molecule has 36 heavy (non-hydrogen) atoms. The Hall–Kier alpha value is -4.28. The minimum Gasteiger partial charge on any atom is -0.339 e. The van der Waals surface area contributed by atoms with Crippen molar-refractivity contribution in [2.24, 2.45) is 14.1 Å². The van der Waals surface area contributed by atoms with Crippen LogP contribution in [0.2, 0.25) is 0 Å². The number of hydrogen-bond acceptors (Lipinski definition) is 5. The zero-order valence-electron chi connectivity index (χ0n) is 19.8. The minimum absolute atomic E-state index is 0.0213. The second kappa shape index (κ2) is 9.06. The van der Waals surface area contributed by atoms with Crippen LogP contribution in [-0.4, -0.2) is 55.7 Å². The summed E-state index contributed by atoms with van der Waals surface area (Å²) >= 11 is 0. The first kappa shape index (κ1) is 23.5. The van der Waals surface area contributed by atoms with Gasteiger partial charge in [-0.3, -0.25) is 23.3 Å². The van der Waals surface area contributed by atoms with E-state index in [1.165, 1.54) is 41.9 Å². The SMILES string of the molecule is Cn1c(=O)c2c(nc(N3CCN(C(=O)c4ccccc4F)CC3)n2Cc2ccc(F)cc2)n(C)c1=O. The molecule has 0 saturated carbocycles. The molecule has 3 heterocycles. The van der Waals surface area contributed by atoms with Crippen LogP contribution in [0.4, 0.5) is 14.7 Å². The van der Waals surface area contributed by atoms with Gasteiger partial charge in [0, 0.05) is 40.3 Å². The first-order valence-electron chi connectivity index (χ1n) is 11.5. The number of carbonyl (C=O) groups is 1. The molecule has 1 saturated heterocycles. The number of imidazole rings is 1. The third-order valence-electron chi connectivity index (χ3n) is 6.54. The molecule has 11 heteroatoms. The van der Waals surface area contributed by atoms with Gasteiger partial charge in [0.05, 0.1) is 12.1 Å². The number of nitrogens with zero attached hydrogens (tertiary/aromatic N) is 6. The van der Waals surface area contributed by atoms with Crippen molar-refractivity contribution >= 4 is 23.0 Å². The second-order valence-corrected chi connectivity index (χ2v) is 8.76. The van der Waals surface area contributed by atoms with E-state index in [1.807, 2.05) is 4.90 Å². The molecule has 2 aromatic heterocycles. The van der Waals surface area contributed by atoms with Gasteiger partial charge in [-0.05, 0) is 29.8 Å². The number of rotatable bonds is 4. The normalized spacial score (nSPS) is 14.0. The van der Waals surface area contributed by atoms with Crippen LogP contribution in [0.15, 0.2) is 58.1 Å². The van der Waals surface area contributed by atoms with Crippen molar-refractivity contribution in [1.29, 1.82) is 0 Å². The van der Waals surface area contributed by atoms with Gasteiger partial charge in [-0.25, -0.2) is 13.6 Å². The Bertz CT molecular complexity index is 1580. The highest BCUT2D eigenvalue weighted by atomic mass is 19.1. The van der Waals surface area contributed by atoms with E-state index in [-0.39, 0.29) is 35.0 Å². The summed E-state index contributed by atoms with van der Waals surface area (Å²) in [6, 6.07) is 11.8. The van der Waals surface area contributed by atoms with E-state index >= 15 is 0 Å². The lowest BCUT2D eigenvalue weighted by Gasteiger charge is -2.35. The zero-order valence-corrected chi connectivity index (χ0v) is 19.8. The number of benzene rings is 2. The van der Waals surface area contributed by atoms with Crippen molar-refractivity contribution in [3.05, 3.63) is 92.1 Å². The summed E-state index contributed by atoms with van der Waals surface area (Å²) in [5.74, 6) is -0.861. The number of fused-ring (bicyclic) bond motifs is 1. The number of anilines is 1. The second-order valence-electron chi connectivity index (χ2n) is 8.76. The Morgan fingerprint density at radius 2 is 1.58 bits per heavy atom. The van der Waals surface area contributed by atoms with Crippen LogP contribution in [0.25, 0.3) is 11.2 Å². The molecule has 5 rings (SSSR count). The molecule has 0 spiro atoms. The van der Waals surface area contributed by atoms with Crippen LogP contribution in [0, 0.1) is 11.6 Å². The number of halogens is 2. The zero-order chi connectivity index (χ0) is 25.6. The third kappa shape index (κ3) is 3.96. The van der Waals surface area contributed by atoms with E-state index in [4.69, 9.17) is 0 Å². The van der Waals surface area contributed by atoms with E-state index in [0.717, 1.165) is 10.1 Å². The number of hydrogen-bond donors (Lipinski definition) is 0. The molecule has 0 atom stereocenters. The lowest BCUT2D eigenvalue weighted by atomic mass is 10.1. The van der Waals surface area contributed by atoms with Crippen molar-refractivity contribution in [2.75, 3.05) is 31.1 Å². The van der Waals surface area contributed by atoms with Gasteiger partial charge in [0.15, 0.2) is 11.2 Å². The molecular formula is C25H24F2N6O3. The number of piperazine rings is 1. The fourth-order valence-corrected chi connectivity index (χ4v) is 4.51. The van der Waals surface area contributed by atoms with Gasteiger partial charge in [-0.15, -0.1) is 0 Å². The molecule has 186 valence electrons. The quantitative estimate of drug-likeness (QED) is 0.432. The van der Waals surface area contributed by atoms with Crippen LogP contribution in [0.1, 0.15) is 15.9 Å². The van der Waals surface area contributed by atoms with E-state index in [1.54, 1.807) is 34.7 Å². The Morgan fingerprint density at radius 1 is 0.917 bits per heavy atom. The number of carbonyl (C=O) groups excluding carboxylic acids is 1. The van der Waals surface area contributed by atoms with E-state index in [9.17, 15) is 23.2 Å². The van der Waals surface area contributed by atoms with Crippen LogP contribution in [0.3, 0.4) is 0 Å². The van der Waals surface area contributed by atoms with Gasteiger partial charge in [0.25, 0.3) is 11.5 Å². The van der Waals surface area contributed by atoms with Gasteiger partial charge in [0.2, 0.25) is 5.95 Å². The lowest BCUT2D eigenvalue weighted by Crippen LogP contribution is -2.49. The third-order valence-corrected chi connectivity index (χ3v) is 6.54. The molecule has 0 bridgehead atoms. The predicted molar refractivity (Wildman–Crippen MR) is 130 cm³/mol. The summed E-state index contributed by atoms with van der Waals surface area (Å²) in [5.41, 5.74) is 0.288. The monoisotopic (exact) mass is 494 g/mol. The van der Waals surface area contributed by atoms with Crippen molar-refractivity contribution in [3.8, 4) is 0 Å². The Labute approximate surface area is 204 Å². The predicted octanol–water partition coefficient (Wildman–Crippen LogP) is 1.72. The number of aryl methyl sites for hydroxylation is 1. The van der Waals surface area contributed by atoms with Crippen LogP contribution in [-0.2, 0) is 20.6 Å². The highest BCUT2D eigenvalue weighted by molar-refractivity contribution is 5.94. The maximum Gasteiger partial charge on any atom is 0.332 e. The molecule has 1 aliphatic heterocycles. The van der Waals surface area contributed by atoms with E-state index < -0.39 is 17.1 Å². The number of aromatic nitrogens is 4. The average molecular weight is 495 g/mol. The first-order valence-corrected chi connectivity index (χ1v) is 11.5. The largest absolute Gasteiger partial charge is 0.339 e. The van der Waals surface area contributed by atoms with Crippen molar-refractivity contribution in [2.45, 2.75) is 6.54 Å². The van der Waals surface area contributed by atoms with Crippen molar-refractivity contribution in [3.63, 3.8) is 0 Å². The fourth-order valence-electron chi connectivity index (χ4n) is 4.51. The minimum atomic E-state index is -0.567. The van der Waals surface area contributed by atoms with Crippen LogP contribution < -0.4 is 16.1 Å². The molecule has 0 N–H and O–H groups in total. The maximum atomic E-state index is 14.1. The van der Waals surface area contributed by atoms with Gasteiger partial charge < -0.3 is 9.80 Å². The summed E-state index contributed by atoms with van der Waals surface area (Å²) < 4.78 is 31.7. The van der Waals surface area contributed by atoms with Crippen molar-refractivity contribution in [1.82, 2.24) is 23.6 Å². The molecule has 2 aromatic carbocycles. The molecule has 4 aromatic rings. The molecule has 1 aliphatic rings. The van der Waals surface area contributed by atoms with Gasteiger partial charge in [0.1, 0.15) is 11.6 Å². The molecular weight excluding hydrogens is 470 g/mol. The lowest BCUT2D eigenvalue weighted by molar-refractivity contribution is 0.0741. The standard InChI is InChI=1S/C25H24F2N6O3/c1-29-21-20(23(35)30(2)25(29)36)33(15-16-7-9-17(26)10-8-16)24(28-21)32-13-11-31(12-14-32)22(34)18-5-3-4-6-19(18)27/h3-10H,11-15H2,1-2H3. The Balaban J connectivity index is 1.51. The number of amides is 1. The molecule has 0 unspecified atom stereocenters. The first-order chi connectivity index (χ1) is 17.3. The molecule has 1 amide bonds. The van der Waals surface area contributed by atoms with E-state index in [2.05, 4.69) is 4.98 Å². The van der Waals surface area contributed by atoms with Gasteiger partial charge >= 0.3 is 5.69 Å². The summed E-state index contributed by atoms with van der Waals surface area (Å²) in [4.78, 5) is 46.6. The summed E-state index contributed by atoms with van der Waals surface area (Å²) in [6.45, 7) is 1.66. The highest BCUT2D eigenvalue weighted by Gasteiger charge is 2.28. The smallest absolute Gasteiger partial charge is 0.332 e. The molecule has 1 fully saturated rings. The van der Waals surface area contributed by atoms with Crippen molar-refractivity contribution < 1.29 is 13.6 Å². The van der Waals surface area contributed by atoms with Gasteiger partial charge in [-0.2, -0.15) is 4.98 Å².